The molecule has 0 aromatic carbocycles. The van der Waals surface area contributed by atoms with Crippen molar-refractivity contribution < 1.29 is 4.74 Å². The second-order valence-electron chi connectivity index (χ2n) is 3.89. The summed E-state index contributed by atoms with van der Waals surface area (Å²) < 4.78 is 5.60. The Morgan fingerprint density at radius 1 is 1.38 bits per heavy atom. The molecule has 0 bridgehead atoms. The molecule has 1 aromatic rings. The lowest BCUT2D eigenvalue weighted by Gasteiger charge is -2.03. The summed E-state index contributed by atoms with van der Waals surface area (Å²) in [4.78, 5) is 4.65. The fraction of sp³-hybridized carbons (Fsp3) is 0.700. The van der Waals surface area contributed by atoms with Gasteiger partial charge in [0, 0.05) is 17.9 Å². The van der Waals surface area contributed by atoms with Gasteiger partial charge in [-0.15, -0.1) is 11.3 Å². The minimum absolute atomic E-state index is 0.309. The fourth-order valence-electron chi connectivity index (χ4n) is 1.78. The van der Waals surface area contributed by atoms with Gasteiger partial charge < -0.3 is 4.74 Å². The van der Waals surface area contributed by atoms with Gasteiger partial charge in [0.2, 0.25) is 0 Å². The van der Waals surface area contributed by atoms with E-state index in [-0.39, 0.29) is 0 Å². The van der Waals surface area contributed by atoms with Gasteiger partial charge in [0.15, 0.2) is 0 Å². The lowest BCUT2D eigenvalue weighted by molar-refractivity contribution is 0.109. The van der Waals surface area contributed by atoms with E-state index in [1.807, 2.05) is 11.3 Å². The Kier molecular flexibility index (Phi) is 1.87. The van der Waals surface area contributed by atoms with Gasteiger partial charge in [-0.05, 0) is 25.7 Å². The number of hydrogen-bond acceptors (Lipinski definition) is 3. The Hall–Kier alpha value is -0.410. The molecule has 3 heteroatoms. The predicted molar refractivity (Wildman–Crippen MR) is 52.0 cm³/mol. The van der Waals surface area contributed by atoms with Crippen LogP contribution >= 0.6 is 11.3 Å². The highest BCUT2D eigenvalue weighted by molar-refractivity contribution is 7.09. The first-order valence-corrected chi connectivity index (χ1v) is 5.88. The summed E-state index contributed by atoms with van der Waals surface area (Å²) in [7, 11) is 0. The summed E-state index contributed by atoms with van der Waals surface area (Å²) in [5.41, 5.74) is 1.18. The Balaban J connectivity index is 1.79. The molecule has 0 radical (unpaired) electrons. The second-order valence-corrected chi connectivity index (χ2v) is 4.78. The molecule has 0 N–H and O–H groups in total. The maximum Gasteiger partial charge on any atom is 0.100 e. The molecule has 3 rings (SSSR count). The maximum atomic E-state index is 5.60. The number of ether oxygens (including phenoxy) is 1. The zero-order valence-electron chi connectivity index (χ0n) is 7.53. The molecule has 0 amide bonds. The van der Waals surface area contributed by atoms with E-state index >= 15 is 0 Å². The molecule has 1 aliphatic heterocycles. The maximum absolute atomic E-state index is 5.60. The van der Waals surface area contributed by atoms with Crippen molar-refractivity contribution in [1.29, 1.82) is 0 Å². The molecular formula is C10H13NOS. The zero-order valence-corrected chi connectivity index (χ0v) is 8.35. The third-order valence-electron chi connectivity index (χ3n) is 2.73. The van der Waals surface area contributed by atoms with Crippen LogP contribution in [0.5, 0.6) is 0 Å². The van der Waals surface area contributed by atoms with Crippen LogP contribution in [0.25, 0.3) is 0 Å². The van der Waals surface area contributed by atoms with Crippen LogP contribution in [0.2, 0.25) is 0 Å². The Morgan fingerprint density at radius 2 is 2.31 bits per heavy atom. The monoisotopic (exact) mass is 195 g/mol. The van der Waals surface area contributed by atoms with Crippen LogP contribution < -0.4 is 0 Å². The third-order valence-corrected chi connectivity index (χ3v) is 3.75. The van der Waals surface area contributed by atoms with E-state index in [4.69, 9.17) is 4.74 Å². The van der Waals surface area contributed by atoms with Crippen LogP contribution in [0, 0.1) is 0 Å². The Morgan fingerprint density at radius 3 is 3.00 bits per heavy atom. The van der Waals surface area contributed by atoms with Crippen molar-refractivity contribution in [3.63, 3.8) is 0 Å². The highest BCUT2D eigenvalue weighted by atomic mass is 32.1. The van der Waals surface area contributed by atoms with Crippen LogP contribution in [0.15, 0.2) is 5.38 Å². The van der Waals surface area contributed by atoms with Crippen molar-refractivity contribution >= 4 is 11.3 Å². The van der Waals surface area contributed by atoms with Crippen molar-refractivity contribution in [2.45, 2.75) is 37.7 Å². The molecule has 2 aliphatic rings. The van der Waals surface area contributed by atoms with E-state index < -0.39 is 0 Å². The van der Waals surface area contributed by atoms with Gasteiger partial charge in [-0.2, -0.15) is 0 Å². The molecule has 0 spiro atoms. The first-order chi connectivity index (χ1) is 6.43. The zero-order chi connectivity index (χ0) is 8.67. The molecular weight excluding hydrogens is 182 g/mol. The topological polar surface area (TPSA) is 22.1 Å². The minimum atomic E-state index is 0.309. The molecule has 2 nitrogen and oxygen atoms in total. The normalized spacial score (nSPS) is 28.2. The first kappa shape index (κ1) is 7.94. The van der Waals surface area contributed by atoms with Crippen LogP contribution in [0.3, 0.4) is 0 Å². The van der Waals surface area contributed by atoms with Crippen molar-refractivity contribution in [3.8, 4) is 0 Å². The van der Waals surface area contributed by atoms with Gasteiger partial charge in [0.1, 0.15) is 6.10 Å². The summed E-state index contributed by atoms with van der Waals surface area (Å²) in [6.07, 6.45) is 5.36. The van der Waals surface area contributed by atoms with Gasteiger partial charge in [-0.25, -0.2) is 4.98 Å². The number of thiazole rings is 1. The number of hydrogen-bond donors (Lipinski definition) is 0. The van der Waals surface area contributed by atoms with Crippen LogP contribution in [-0.4, -0.2) is 11.6 Å². The number of nitrogens with zero attached hydrogens (tertiary/aromatic N) is 1. The second kappa shape index (κ2) is 3.07. The lowest BCUT2D eigenvalue weighted by Crippen LogP contribution is -1.95. The highest BCUT2D eigenvalue weighted by Gasteiger charge is 2.28. The van der Waals surface area contributed by atoms with Gasteiger partial charge in [-0.1, -0.05) is 0 Å². The van der Waals surface area contributed by atoms with E-state index in [1.165, 1.54) is 30.0 Å². The largest absolute Gasteiger partial charge is 0.372 e. The molecule has 1 aromatic heterocycles. The smallest absolute Gasteiger partial charge is 0.100 e. The summed E-state index contributed by atoms with van der Waals surface area (Å²) in [5.74, 6) is 0.792. The third kappa shape index (κ3) is 1.51. The lowest BCUT2D eigenvalue weighted by atomic mass is 10.2. The summed E-state index contributed by atoms with van der Waals surface area (Å²) >= 11 is 1.82. The minimum Gasteiger partial charge on any atom is -0.372 e. The predicted octanol–water partition coefficient (Wildman–Crippen LogP) is 2.87. The number of aromatic nitrogens is 1. The van der Waals surface area contributed by atoms with Gasteiger partial charge >= 0.3 is 0 Å². The van der Waals surface area contributed by atoms with E-state index in [1.54, 1.807) is 0 Å². The summed E-state index contributed by atoms with van der Waals surface area (Å²) in [6, 6.07) is 0. The highest BCUT2D eigenvalue weighted by Crippen LogP contribution is 2.42. The van der Waals surface area contributed by atoms with E-state index in [9.17, 15) is 0 Å². The van der Waals surface area contributed by atoms with Gasteiger partial charge in [-0.3, -0.25) is 0 Å². The molecule has 1 unspecified atom stereocenters. The van der Waals surface area contributed by atoms with Crippen molar-refractivity contribution in [3.05, 3.63) is 16.1 Å². The molecule has 13 heavy (non-hydrogen) atoms. The summed E-state index contributed by atoms with van der Waals surface area (Å²) in [6.45, 7) is 0.918. The average molecular weight is 195 g/mol. The average Bonchev–Trinajstić information content (AvgIpc) is 2.72. The molecule has 1 atom stereocenters. The molecule has 2 heterocycles. The van der Waals surface area contributed by atoms with Crippen LogP contribution in [-0.2, 0) is 4.74 Å². The van der Waals surface area contributed by atoms with E-state index in [0.717, 1.165) is 18.9 Å². The SMILES string of the molecule is c1sc(C2CC2)nc1C1CCCO1. The molecule has 1 saturated heterocycles. The fourth-order valence-corrected chi connectivity index (χ4v) is 2.81. The van der Waals surface area contributed by atoms with E-state index in [0.29, 0.717) is 6.10 Å². The number of rotatable bonds is 2. The van der Waals surface area contributed by atoms with Gasteiger partial charge in [0.25, 0.3) is 0 Å². The standard InChI is InChI=1S/C10H13NOS/c1-2-9(12-5-1)8-6-13-10(11-8)7-3-4-7/h6-7,9H,1-5H2. The first-order valence-electron chi connectivity index (χ1n) is 5.00. The van der Waals surface area contributed by atoms with Crippen molar-refractivity contribution in [2.75, 3.05) is 6.61 Å². The molecule has 1 aliphatic carbocycles. The van der Waals surface area contributed by atoms with Crippen LogP contribution in [0.4, 0.5) is 0 Å². The van der Waals surface area contributed by atoms with Crippen LogP contribution in [0.1, 0.15) is 48.4 Å². The van der Waals surface area contributed by atoms with Crippen molar-refractivity contribution in [1.82, 2.24) is 4.98 Å². The summed E-state index contributed by atoms with van der Waals surface area (Å²) in [5, 5.41) is 3.52. The van der Waals surface area contributed by atoms with Gasteiger partial charge in [0.05, 0.1) is 10.7 Å². The molecule has 1 saturated carbocycles. The Labute approximate surface area is 81.9 Å². The molecule has 70 valence electrons. The molecule has 2 fully saturated rings. The Bertz CT molecular complexity index is 300. The van der Waals surface area contributed by atoms with E-state index in [2.05, 4.69) is 10.4 Å². The quantitative estimate of drug-likeness (QED) is 0.724. The van der Waals surface area contributed by atoms with Crippen molar-refractivity contribution in [2.24, 2.45) is 0 Å².